The molecule has 0 bridgehead atoms. The third-order valence-electron chi connectivity index (χ3n) is 9.58. The number of para-hydroxylation sites is 1. The molecule has 0 saturated carbocycles. The number of hydrogen-bond acceptors (Lipinski definition) is 3. The van der Waals surface area contributed by atoms with Crippen LogP contribution in [0.15, 0.2) is 115 Å². The van der Waals surface area contributed by atoms with Gasteiger partial charge in [0.25, 0.3) is 0 Å². The van der Waals surface area contributed by atoms with Crippen molar-refractivity contribution >= 4 is 43.6 Å². The molecule has 0 radical (unpaired) electrons. The van der Waals surface area contributed by atoms with Gasteiger partial charge in [-0.1, -0.05) is 62.4 Å². The zero-order chi connectivity index (χ0) is 30.4. The Bertz CT molecular complexity index is 2650. The van der Waals surface area contributed by atoms with Gasteiger partial charge in [0.05, 0.1) is 45.3 Å². The first-order valence-corrected chi connectivity index (χ1v) is 15.0. The van der Waals surface area contributed by atoms with Crippen molar-refractivity contribution in [2.24, 2.45) is 0 Å². The van der Waals surface area contributed by atoms with Gasteiger partial charge in [0.15, 0.2) is 0 Å². The van der Waals surface area contributed by atoms with Crippen molar-refractivity contribution in [2.45, 2.75) is 19.3 Å². The molecule has 5 aromatic carbocycles. The predicted molar refractivity (Wildman–Crippen MR) is 180 cm³/mol. The van der Waals surface area contributed by atoms with Crippen LogP contribution < -0.4 is 0 Å². The van der Waals surface area contributed by atoms with Gasteiger partial charge in [-0.05, 0) is 89.0 Å². The third-order valence-corrected chi connectivity index (χ3v) is 9.58. The maximum atomic E-state index is 9.81. The smallest absolute Gasteiger partial charge is 0.140 e. The topological polar surface area (TPSA) is 70.3 Å². The number of fused-ring (bicyclic) bond motifs is 9. The maximum Gasteiger partial charge on any atom is 0.140 e. The van der Waals surface area contributed by atoms with Gasteiger partial charge in [-0.15, -0.1) is 0 Å². The second-order valence-corrected chi connectivity index (χ2v) is 12.3. The lowest BCUT2D eigenvalue weighted by atomic mass is 9.82. The van der Waals surface area contributed by atoms with Crippen LogP contribution in [0.3, 0.4) is 0 Å². The summed E-state index contributed by atoms with van der Waals surface area (Å²) in [4.78, 5) is 5.31. The monoisotopic (exact) mass is 575 g/mol. The summed E-state index contributed by atoms with van der Waals surface area (Å²) in [5, 5.41) is 23.6. The summed E-state index contributed by atoms with van der Waals surface area (Å²) in [5.74, 6) is 1.59. The third kappa shape index (κ3) is 3.38. The lowest BCUT2D eigenvalue weighted by Gasteiger charge is -2.21. The fraction of sp³-hybridized carbons (Fsp3) is 0.0750. The molecule has 0 spiro atoms. The van der Waals surface area contributed by atoms with Gasteiger partial charge in [0.1, 0.15) is 11.6 Å². The molecule has 5 heteroatoms. The fourth-order valence-corrected chi connectivity index (χ4v) is 7.48. The largest absolute Gasteiger partial charge is 0.294 e. The molecule has 5 nitrogen and oxygen atoms in total. The molecule has 0 aliphatic heterocycles. The van der Waals surface area contributed by atoms with E-state index in [-0.39, 0.29) is 5.41 Å². The Kier molecular flexibility index (Phi) is 5.03. The quantitative estimate of drug-likeness (QED) is 0.206. The first kappa shape index (κ1) is 25.3. The molecule has 0 fully saturated rings. The minimum absolute atomic E-state index is 0.137. The minimum atomic E-state index is -0.137. The van der Waals surface area contributed by atoms with Gasteiger partial charge < -0.3 is 0 Å². The minimum Gasteiger partial charge on any atom is -0.294 e. The predicted octanol–water partition coefficient (Wildman–Crippen LogP) is 9.33. The van der Waals surface area contributed by atoms with Crippen LogP contribution in [-0.2, 0) is 5.41 Å². The Labute approximate surface area is 259 Å². The van der Waals surface area contributed by atoms with Crippen molar-refractivity contribution in [2.75, 3.05) is 0 Å². The molecule has 3 aromatic heterocycles. The van der Waals surface area contributed by atoms with Crippen molar-refractivity contribution in [1.29, 1.82) is 10.5 Å². The molecule has 0 N–H and O–H groups in total. The van der Waals surface area contributed by atoms with Crippen LogP contribution in [0, 0.1) is 22.7 Å². The molecule has 1 aliphatic carbocycles. The van der Waals surface area contributed by atoms with Crippen molar-refractivity contribution in [1.82, 2.24) is 14.1 Å². The number of pyridine rings is 1. The van der Waals surface area contributed by atoms with Crippen molar-refractivity contribution in [3.05, 3.63) is 138 Å². The van der Waals surface area contributed by atoms with Crippen molar-refractivity contribution in [3.63, 3.8) is 0 Å². The molecule has 8 aromatic rings. The molecule has 45 heavy (non-hydrogen) atoms. The zero-order valence-electron chi connectivity index (χ0n) is 24.7. The van der Waals surface area contributed by atoms with Crippen LogP contribution in [0.1, 0.15) is 36.1 Å². The summed E-state index contributed by atoms with van der Waals surface area (Å²) in [5.41, 5.74) is 10.3. The van der Waals surface area contributed by atoms with Crippen LogP contribution >= 0.6 is 0 Å². The summed E-state index contributed by atoms with van der Waals surface area (Å²) < 4.78 is 4.40. The van der Waals surface area contributed by atoms with Gasteiger partial charge >= 0.3 is 0 Å². The Morgan fingerprint density at radius 1 is 0.511 bits per heavy atom. The molecule has 9 rings (SSSR count). The summed E-state index contributed by atoms with van der Waals surface area (Å²) in [7, 11) is 0. The molecule has 0 saturated heterocycles. The summed E-state index contributed by atoms with van der Waals surface area (Å²) >= 11 is 0. The van der Waals surface area contributed by atoms with Gasteiger partial charge in [-0.2, -0.15) is 10.5 Å². The lowest BCUT2D eigenvalue weighted by Crippen LogP contribution is -2.14. The van der Waals surface area contributed by atoms with Gasteiger partial charge in [-0.3, -0.25) is 9.13 Å². The highest BCUT2D eigenvalue weighted by Crippen LogP contribution is 2.51. The van der Waals surface area contributed by atoms with Gasteiger partial charge in [0.2, 0.25) is 0 Å². The number of rotatable bonds is 2. The second-order valence-electron chi connectivity index (χ2n) is 12.3. The lowest BCUT2D eigenvalue weighted by molar-refractivity contribution is 0.661. The number of benzene rings is 5. The molecular formula is C40H25N5. The van der Waals surface area contributed by atoms with Crippen LogP contribution in [0.4, 0.5) is 0 Å². The Balaban J connectivity index is 1.35. The average molecular weight is 576 g/mol. The Morgan fingerprint density at radius 3 is 1.80 bits per heavy atom. The van der Waals surface area contributed by atoms with E-state index in [0.717, 1.165) is 55.2 Å². The highest BCUT2D eigenvalue weighted by Gasteiger charge is 2.36. The van der Waals surface area contributed by atoms with Gasteiger partial charge in [0, 0.05) is 27.0 Å². The number of aromatic nitrogens is 3. The summed E-state index contributed by atoms with van der Waals surface area (Å²) in [6.07, 6.45) is 0. The van der Waals surface area contributed by atoms with Crippen LogP contribution in [0.25, 0.3) is 66.4 Å². The molecule has 0 atom stereocenters. The Morgan fingerprint density at radius 2 is 1.09 bits per heavy atom. The van der Waals surface area contributed by atoms with E-state index >= 15 is 0 Å². The van der Waals surface area contributed by atoms with E-state index in [2.05, 4.69) is 89.7 Å². The molecular weight excluding hydrogens is 550 g/mol. The first-order valence-electron chi connectivity index (χ1n) is 15.0. The van der Waals surface area contributed by atoms with E-state index < -0.39 is 0 Å². The van der Waals surface area contributed by atoms with E-state index in [9.17, 15) is 10.5 Å². The van der Waals surface area contributed by atoms with Crippen LogP contribution in [0.2, 0.25) is 0 Å². The van der Waals surface area contributed by atoms with E-state index in [1.165, 1.54) is 22.3 Å². The van der Waals surface area contributed by atoms with E-state index in [4.69, 9.17) is 4.98 Å². The highest BCUT2D eigenvalue weighted by atomic mass is 15.1. The Hall–Kier alpha value is -6.17. The fourth-order valence-electron chi connectivity index (χ4n) is 7.48. The van der Waals surface area contributed by atoms with E-state index in [1.807, 2.05) is 60.7 Å². The normalized spacial score (nSPS) is 13.2. The standard InChI is InChI=1S/C40H25N5/c1-40(2)32-10-5-3-8-26(32)28-21-37-31(20-33(28)40)30-19-25(23-42)15-17-36(30)45(37)39-13-7-12-38(43-39)44-34-11-6-4-9-27(34)29-18-24(22-41)14-16-35(29)44/h3-21H,1-2H3. The maximum absolute atomic E-state index is 9.81. The number of nitriles is 2. The molecule has 3 heterocycles. The average Bonchev–Trinajstić information content (AvgIpc) is 3.66. The SMILES string of the molecule is CC1(C)c2ccccc2-c2cc3c(cc21)c1cc(C#N)ccc1n3-c1cccc(-n2c3ccccc3c3cc(C#N)ccc32)n1. The summed E-state index contributed by atoms with van der Waals surface area (Å²) in [6, 6.07) is 44.1. The molecule has 1 aliphatic rings. The van der Waals surface area contributed by atoms with E-state index in [1.54, 1.807) is 0 Å². The number of hydrogen-bond donors (Lipinski definition) is 0. The van der Waals surface area contributed by atoms with Gasteiger partial charge in [-0.25, -0.2) is 4.98 Å². The number of nitrogens with zero attached hydrogens (tertiary/aromatic N) is 5. The second kappa shape index (κ2) is 8.92. The molecule has 0 unspecified atom stereocenters. The van der Waals surface area contributed by atoms with E-state index in [0.29, 0.717) is 11.1 Å². The summed E-state index contributed by atoms with van der Waals surface area (Å²) in [6.45, 7) is 4.58. The first-order chi connectivity index (χ1) is 22.0. The van der Waals surface area contributed by atoms with Crippen LogP contribution in [0.5, 0.6) is 0 Å². The van der Waals surface area contributed by atoms with Crippen LogP contribution in [-0.4, -0.2) is 14.1 Å². The molecule has 210 valence electrons. The zero-order valence-corrected chi connectivity index (χ0v) is 24.7. The van der Waals surface area contributed by atoms with Crippen molar-refractivity contribution < 1.29 is 0 Å². The van der Waals surface area contributed by atoms with Crippen molar-refractivity contribution in [3.8, 4) is 34.9 Å². The highest BCUT2D eigenvalue weighted by molar-refractivity contribution is 6.12. The molecule has 0 amide bonds.